The van der Waals surface area contributed by atoms with Crippen LogP contribution in [-0.4, -0.2) is 51.1 Å². The SMILES string of the molecule is Cc1ccc(C[NH+]2CC[NH+](CCNC(=O)C(=O)Nc3ccccc3)CC2)cc1. The van der Waals surface area contributed by atoms with E-state index in [0.717, 1.165) is 39.3 Å². The number of anilines is 1. The van der Waals surface area contributed by atoms with Crippen molar-refractivity contribution in [3.8, 4) is 0 Å². The third-order valence-corrected chi connectivity index (χ3v) is 5.24. The van der Waals surface area contributed by atoms with Crippen molar-refractivity contribution >= 4 is 17.5 Å². The Kier molecular flexibility index (Phi) is 7.17. The van der Waals surface area contributed by atoms with Crippen LogP contribution in [0.5, 0.6) is 0 Å². The van der Waals surface area contributed by atoms with Gasteiger partial charge in [0.1, 0.15) is 32.7 Å². The summed E-state index contributed by atoms with van der Waals surface area (Å²) in [7, 11) is 0. The lowest BCUT2D eigenvalue weighted by Crippen LogP contribution is -3.27. The van der Waals surface area contributed by atoms with Gasteiger partial charge in [0.2, 0.25) is 0 Å². The molecule has 0 spiro atoms. The molecule has 3 rings (SSSR count). The van der Waals surface area contributed by atoms with Gasteiger partial charge in [-0.1, -0.05) is 48.0 Å². The standard InChI is InChI=1S/C22H28N4O2/c1-18-7-9-19(10-8-18)17-26-15-13-25(14-16-26)12-11-23-21(27)22(28)24-20-5-3-2-4-6-20/h2-10H,11-17H2,1H3,(H,23,27)(H,24,28)/p+2. The van der Waals surface area contributed by atoms with Gasteiger partial charge in [0, 0.05) is 11.3 Å². The molecule has 1 aliphatic rings. The molecular weight excluding hydrogens is 352 g/mol. The van der Waals surface area contributed by atoms with Crippen LogP contribution >= 0.6 is 0 Å². The normalized spacial score (nSPS) is 19.0. The number of carbonyl (C=O) groups excluding carboxylic acids is 2. The van der Waals surface area contributed by atoms with Gasteiger partial charge in [-0.05, 0) is 19.1 Å². The second kappa shape index (κ2) is 10.0. The van der Waals surface area contributed by atoms with Crippen LogP contribution < -0.4 is 20.4 Å². The van der Waals surface area contributed by atoms with Gasteiger partial charge >= 0.3 is 11.8 Å². The van der Waals surface area contributed by atoms with Gasteiger partial charge < -0.3 is 20.4 Å². The summed E-state index contributed by atoms with van der Waals surface area (Å²) in [4.78, 5) is 26.9. The smallest absolute Gasteiger partial charge is 0.313 e. The van der Waals surface area contributed by atoms with Crippen LogP contribution in [-0.2, 0) is 16.1 Å². The van der Waals surface area contributed by atoms with E-state index in [-0.39, 0.29) is 0 Å². The van der Waals surface area contributed by atoms with E-state index in [1.165, 1.54) is 16.0 Å². The van der Waals surface area contributed by atoms with Gasteiger partial charge in [-0.15, -0.1) is 0 Å². The molecule has 0 saturated carbocycles. The maximum atomic E-state index is 11.9. The van der Waals surface area contributed by atoms with Crippen molar-refractivity contribution in [1.29, 1.82) is 0 Å². The molecule has 0 unspecified atom stereocenters. The van der Waals surface area contributed by atoms with Crippen LogP contribution in [0.3, 0.4) is 0 Å². The number of rotatable bonds is 6. The molecule has 4 N–H and O–H groups in total. The maximum absolute atomic E-state index is 11.9. The second-order valence-electron chi connectivity index (χ2n) is 7.49. The molecule has 1 heterocycles. The number of hydrogen-bond donors (Lipinski definition) is 4. The quantitative estimate of drug-likeness (QED) is 0.486. The van der Waals surface area contributed by atoms with Crippen molar-refractivity contribution in [3.63, 3.8) is 0 Å². The van der Waals surface area contributed by atoms with E-state index in [1.807, 2.05) is 18.2 Å². The number of para-hydroxylation sites is 1. The highest BCUT2D eigenvalue weighted by atomic mass is 16.2. The average molecular weight is 383 g/mol. The zero-order chi connectivity index (χ0) is 19.8. The summed E-state index contributed by atoms with van der Waals surface area (Å²) in [6, 6.07) is 17.8. The van der Waals surface area contributed by atoms with E-state index in [4.69, 9.17) is 0 Å². The van der Waals surface area contributed by atoms with Gasteiger partial charge in [0.25, 0.3) is 0 Å². The molecule has 0 radical (unpaired) electrons. The summed E-state index contributed by atoms with van der Waals surface area (Å²) < 4.78 is 0. The summed E-state index contributed by atoms with van der Waals surface area (Å²) >= 11 is 0. The second-order valence-corrected chi connectivity index (χ2v) is 7.49. The largest absolute Gasteiger partial charge is 0.342 e. The fourth-order valence-corrected chi connectivity index (χ4v) is 3.52. The molecule has 28 heavy (non-hydrogen) atoms. The van der Waals surface area contributed by atoms with E-state index in [9.17, 15) is 9.59 Å². The fraction of sp³-hybridized carbons (Fsp3) is 0.364. The van der Waals surface area contributed by atoms with Crippen LogP contribution in [0.15, 0.2) is 54.6 Å². The Bertz CT molecular complexity index is 769. The first-order valence-corrected chi connectivity index (χ1v) is 9.97. The molecule has 1 aliphatic heterocycles. The molecule has 1 saturated heterocycles. The summed E-state index contributed by atoms with van der Waals surface area (Å²) in [6.45, 7) is 9.00. The third-order valence-electron chi connectivity index (χ3n) is 5.24. The third kappa shape index (κ3) is 6.18. The Morgan fingerprint density at radius 2 is 1.50 bits per heavy atom. The molecule has 148 valence electrons. The molecule has 2 aromatic carbocycles. The van der Waals surface area contributed by atoms with Crippen molar-refractivity contribution in [2.24, 2.45) is 0 Å². The number of quaternary nitrogens is 2. The first-order chi connectivity index (χ1) is 13.6. The minimum atomic E-state index is -0.617. The number of piperazine rings is 1. The molecule has 6 heteroatoms. The van der Waals surface area contributed by atoms with Gasteiger partial charge in [-0.2, -0.15) is 0 Å². The van der Waals surface area contributed by atoms with Crippen LogP contribution in [0.2, 0.25) is 0 Å². The van der Waals surface area contributed by atoms with Crippen LogP contribution in [0.1, 0.15) is 11.1 Å². The minimum Gasteiger partial charge on any atom is -0.342 e. The Hall–Kier alpha value is -2.70. The molecule has 6 nitrogen and oxygen atoms in total. The molecule has 0 aromatic heterocycles. The van der Waals surface area contributed by atoms with Crippen LogP contribution in [0.25, 0.3) is 0 Å². The van der Waals surface area contributed by atoms with Crippen LogP contribution in [0.4, 0.5) is 5.69 Å². The molecule has 0 atom stereocenters. The zero-order valence-corrected chi connectivity index (χ0v) is 16.5. The summed E-state index contributed by atoms with van der Waals surface area (Å²) in [6.07, 6.45) is 0. The number of amides is 2. The first-order valence-electron chi connectivity index (χ1n) is 9.97. The van der Waals surface area contributed by atoms with Crippen LogP contribution in [0, 0.1) is 6.92 Å². The molecule has 0 aliphatic carbocycles. The highest BCUT2D eigenvalue weighted by Crippen LogP contribution is 2.04. The summed E-state index contributed by atoms with van der Waals surface area (Å²) in [5, 5.41) is 5.33. The summed E-state index contributed by atoms with van der Waals surface area (Å²) in [5.74, 6) is -1.19. The lowest BCUT2D eigenvalue weighted by Gasteiger charge is -2.29. The van der Waals surface area contributed by atoms with E-state index in [0.29, 0.717) is 12.2 Å². The zero-order valence-electron chi connectivity index (χ0n) is 16.5. The Balaban J connectivity index is 1.32. The predicted molar refractivity (Wildman–Crippen MR) is 109 cm³/mol. The van der Waals surface area contributed by atoms with Crippen molar-refractivity contribution in [1.82, 2.24) is 5.32 Å². The topological polar surface area (TPSA) is 67.1 Å². The minimum absolute atomic E-state index is 0.518. The maximum Gasteiger partial charge on any atom is 0.313 e. The number of nitrogens with one attached hydrogen (secondary N) is 4. The van der Waals surface area contributed by atoms with E-state index in [2.05, 4.69) is 41.8 Å². The molecule has 0 bridgehead atoms. The Labute approximate surface area is 166 Å². The molecule has 2 amide bonds. The number of aryl methyl sites for hydroxylation is 1. The molecular formula is C22H30N4O2+2. The number of carbonyl (C=O) groups is 2. The number of hydrogen-bond acceptors (Lipinski definition) is 2. The van der Waals surface area contributed by atoms with Crippen molar-refractivity contribution in [3.05, 3.63) is 65.7 Å². The summed E-state index contributed by atoms with van der Waals surface area (Å²) in [5.41, 5.74) is 3.31. The predicted octanol–water partition coefficient (Wildman–Crippen LogP) is -0.967. The molecule has 1 fully saturated rings. The van der Waals surface area contributed by atoms with E-state index < -0.39 is 11.8 Å². The average Bonchev–Trinajstić information content (AvgIpc) is 2.71. The lowest BCUT2D eigenvalue weighted by molar-refractivity contribution is -1.02. The highest BCUT2D eigenvalue weighted by Gasteiger charge is 2.23. The fourth-order valence-electron chi connectivity index (χ4n) is 3.52. The van der Waals surface area contributed by atoms with Gasteiger partial charge in [-0.3, -0.25) is 9.59 Å². The Morgan fingerprint density at radius 1 is 0.857 bits per heavy atom. The monoisotopic (exact) mass is 382 g/mol. The lowest BCUT2D eigenvalue weighted by atomic mass is 10.1. The van der Waals surface area contributed by atoms with Crippen molar-refractivity contribution in [2.45, 2.75) is 13.5 Å². The van der Waals surface area contributed by atoms with Gasteiger partial charge in [0.05, 0.1) is 13.1 Å². The number of benzene rings is 2. The van der Waals surface area contributed by atoms with E-state index in [1.54, 1.807) is 17.0 Å². The first kappa shape index (κ1) is 20.0. The van der Waals surface area contributed by atoms with Gasteiger partial charge in [-0.25, -0.2) is 0 Å². The highest BCUT2D eigenvalue weighted by molar-refractivity contribution is 6.39. The van der Waals surface area contributed by atoms with Crippen molar-refractivity contribution < 1.29 is 19.4 Å². The van der Waals surface area contributed by atoms with Gasteiger partial charge in [0.15, 0.2) is 0 Å². The Morgan fingerprint density at radius 3 is 2.18 bits per heavy atom. The molecule has 2 aromatic rings. The van der Waals surface area contributed by atoms with E-state index >= 15 is 0 Å². The van der Waals surface area contributed by atoms with Crippen molar-refractivity contribution in [2.75, 3.05) is 44.6 Å².